The molecule has 4 heterocycles. The summed E-state index contributed by atoms with van der Waals surface area (Å²) in [6.45, 7) is 26.2. The SMILES string of the molecule is CC(C)(C)c1ccc(N2c3cc(C(C)(C)C)ccc3B3c4ccc(C(C)(C)C)cc4N(c4ccc5oc6ccccc6c5c4)c4cc(N5c6ccccc6C6(C)CCCCC56C)cc2c43)c(-c2ccccc2)c1. The molecular formula is C68H68BN3O. The van der Waals surface area contributed by atoms with E-state index in [1.807, 2.05) is 0 Å². The van der Waals surface area contributed by atoms with E-state index in [2.05, 4.69) is 255 Å². The molecule has 5 heteroatoms. The van der Waals surface area contributed by atoms with Gasteiger partial charge in [-0.25, -0.2) is 0 Å². The van der Waals surface area contributed by atoms with Crippen molar-refractivity contribution in [3.05, 3.63) is 186 Å². The molecule has 73 heavy (non-hydrogen) atoms. The molecule has 1 saturated carbocycles. The standard InChI is InChI=1S/C68H68BN3O/c1-64(2,3)44-29-33-55(50(37-44)43-21-13-12-14-22-43)71-58-39-46(66(7,8)9)28-32-54(58)69-53-31-27-45(65(4,5)6)38-57(53)70(47-30-34-62-51(40-47)49-23-15-18-26-61(49)73-62)59-41-48(42-60(71)63(59)69)72-56-25-17-16-24-52(56)67(10)35-19-20-36-68(67,72)11/h12-18,21-34,37-42H,19-20,35-36H2,1-11H3. The summed E-state index contributed by atoms with van der Waals surface area (Å²) >= 11 is 0. The molecule has 13 rings (SSSR count). The third-order valence-electron chi connectivity index (χ3n) is 17.9. The minimum atomic E-state index is -0.152. The zero-order valence-corrected chi connectivity index (χ0v) is 44.7. The average Bonchev–Trinajstić information content (AvgIpc) is 3.84. The van der Waals surface area contributed by atoms with Crippen LogP contribution in [0.2, 0.25) is 0 Å². The number of rotatable bonds is 4. The number of hydrogen-bond acceptors (Lipinski definition) is 4. The van der Waals surface area contributed by atoms with Gasteiger partial charge in [0.15, 0.2) is 0 Å². The molecule has 4 nitrogen and oxygen atoms in total. The van der Waals surface area contributed by atoms with Crippen LogP contribution in [0, 0.1) is 0 Å². The van der Waals surface area contributed by atoms with Crippen molar-refractivity contribution in [1.29, 1.82) is 0 Å². The predicted molar refractivity (Wildman–Crippen MR) is 312 cm³/mol. The fourth-order valence-corrected chi connectivity index (χ4v) is 13.6. The van der Waals surface area contributed by atoms with Gasteiger partial charge in [-0.2, -0.15) is 0 Å². The highest BCUT2D eigenvalue weighted by molar-refractivity contribution is 7.00. The normalized spacial score (nSPS) is 19.2. The van der Waals surface area contributed by atoms with Crippen LogP contribution in [0.4, 0.5) is 45.5 Å². The van der Waals surface area contributed by atoms with Gasteiger partial charge in [0.2, 0.25) is 0 Å². The van der Waals surface area contributed by atoms with Crippen LogP contribution in [0.25, 0.3) is 33.1 Å². The number of nitrogens with zero attached hydrogens (tertiary/aromatic N) is 3. The van der Waals surface area contributed by atoms with Gasteiger partial charge in [0, 0.05) is 61.6 Å². The topological polar surface area (TPSA) is 22.9 Å². The second-order valence-corrected chi connectivity index (χ2v) is 25.3. The summed E-state index contributed by atoms with van der Waals surface area (Å²) < 4.78 is 6.53. The van der Waals surface area contributed by atoms with Gasteiger partial charge in [0.1, 0.15) is 11.2 Å². The minimum Gasteiger partial charge on any atom is -0.456 e. The number of fused-ring (bicyclic) bond motifs is 10. The third-order valence-corrected chi connectivity index (χ3v) is 17.9. The second-order valence-electron chi connectivity index (χ2n) is 25.3. The van der Waals surface area contributed by atoms with Crippen molar-refractivity contribution in [1.82, 2.24) is 0 Å². The molecule has 0 bridgehead atoms. The van der Waals surface area contributed by atoms with Gasteiger partial charge >= 0.3 is 0 Å². The Morgan fingerprint density at radius 3 is 1.73 bits per heavy atom. The Balaban J connectivity index is 1.19. The molecule has 364 valence electrons. The highest BCUT2D eigenvalue weighted by Gasteiger charge is 2.58. The van der Waals surface area contributed by atoms with E-state index >= 15 is 0 Å². The van der Waals surface area contributed by atoms with Gasteiger partial charge in [0.05, 0.1) is 11.2 Å². The van der Waals surface area contributed by atoms with Crippen molar-refractivity contribution in [3.63, 3.8) is 0 Å². The highest BCUT2D eigenvalue weighted by Crippen LogP contribution is 2.62. The Hall–Kier alpha value is -6.98. The summed E-state index contributed by atoms with van der Waals surface area (Å²) in [5.74, 6) is 0. The van der Waals surface area contributed by atoms with Crippen LogP contribution in [-0.4, -0.2) is 12.3 Å². The van der Waals surface area contributed by atoms with Crippen LogP contribution in [0.5, 0.6) is 0 Å². The van der Waals surface area contributed by atoms with Crippen molar-refractivity contribution in [2.24, 2.45) is 0 Å². The smallest absolute Gasteiger partial charge is 0.252 e. The largest absolute Gasteiger partial charge is 0.456 e. The van der Waals surface area contributed by atoms with Crippen molar-refractivity contribution in [2.45, 2.75) is 129 Å². The molecule has 0 saturated heterocycles. The monoisotopic (exact) mass is 954 g/mol. The summed E-state index contributed by atoms with van der Waals surface area (Å²) in [5, 5.41) is 2.26. The fraction of sp³-hybridized carbons (Fsp3) is 0.294. The Bertz CT molecular complexity index is 3710. The third kappa shape index (κ3) is 6.79. The van der Waals surface area contributed by atoms with Crippen molar-refractivity contribution < 1.29 is 4.42 Å². The van der Waals surface area contributed by atoms with E-state index in [0.29, 0.717) is 0 Å². The lowest BCUT2D eigenvalue weighted by Crippen LogP contribution is -2.61. The molecule has 0 spiro atoms. The van der Waals surface area contributed by atoms with Crippen LogP contribution in [0.1, 0.15) is 124 Å². The van der Waals surface area contributed by atoms with E-state index in [1.165, 1.54) is 109 Å². The van der Waals surface area contributed by atoms with Gasteiger partial charge in [-0.05, 0) is 147 Å². The molecule has 1 fully saturated rings. The molecular weight excluding hydrogens is 886 g/mol. The van der Waals surface area contributed by atoms with E-state index in [9.17, 15) is 0 Å². The number of benzene rings is 8. The van der Waals surface area contributed by atoms with E-state index in [-0.39, 0.29) is 33.9 Å². The first-order chi connectivity index (χ1) is 34.8. The second kappa shape index (κ2) is 15.8. The molecule has 8 aromatic carbocycles. The Morgan fingerprint density at radius 1 is 0.452 bits per heavy atom. The van der Waals surface area contributed by atoms with Gasteiger partial charge in [-0.15, -0.1) is 0 Å². The molecule has 0 radical (unpaired) electrons. The molecule has 3 aliphatic heterocycles. The van der Waals surface area contributed by atoms with Crippen molar-refractivity contribution in [3.8, 4) is 11.1 Å². The summed E-state index contributed by atoms with van der Waals surface area (Å²) in [6, 6.07) is 63.2. The van der Waals surface area contributed by atoms with Gasteiger partial charge in [-0.3, -0.25) is 0 Å². The first-order valence-electron chi connectivity index (χ1n) is 26.9. The first-order valence-corrected chi connectivity index (χ1v) is 26.9. The highest BCUT2D eigenvalue weighted by atomic mass is 16.3. The van der Waals surface area contributed by atoms with Crippen LogP contribution in [0.15, 0.2) is 168 Å². The Morgan fingerprint density at radius 2 is 1.03 bits per heavy atom. The number of furan rings is 1. The van der Waals surface area contributed by atoms with Gasteiger partial charge in [-0.1, -0.05) is 179 Å². The van der Waals surface area contributed by atoms with Gasteiger partial charge in [0.25, 0.3) is 6.71 Å². The minimum absolute atomic E-state index is 0.0179. The van der Waals surface area contributed by atoms with E-state index in [0.717, 1.165) is 34.0 Å². The molecule has 0 amide bonds. The van der Waals surface area contributed by atoms with Crippen molar-refractivity contribution >= 4 is 90.5 Å². The molecule has 2 atom stereocenters. The molecule has 4 aliphatic rings. The zero-order chi connectivity index (χ0) is 50.6. The number of para-hydroxylation sites is 2. The summed E-state index contributed by atoms with van der Waals surface area (Å²) in [4.78, 5) is 8.10. The quantitative estimate of drug-likeness (QED) is 0.164. The van der Waals surface area contributed by atoms with Gasteiger partial charge < -0.3 is 19.1 Å². The fourth-order valence-electron chi connectivity index (χ4n) is 13.6. The van der Waals surface area contributed by atoms with Crippen LogP contribution in [-0.2, 0) is 21.7 Å². The molecule has 9 aromatic rings. The lowest BCUT2D eigenvalue weighted by atomic mass is 9.33. The van der Waals surface area contributed by atoms with E-state index < -0.39 is 0 Å². The Labute approximate surface area is 433 Å². The summed E-state index contributed by atoms with van der Waals surface area (Å²) in [7, 11) is 0. The Kier molecular flexibility index (Phi) is 9.90. The van der Waals surface area contributed by atoms with Crippen molar-refractivity contribution in [2.75, 3.05) is 14.7 Å². The van der Waals surface area contributed by atoms with Crippen LogP contribution < -0.4 is 31.1 Å². The van der Waals surface area contributed by atoms with E-state index in [4.69, 9.17) is 4.42 Å². The lowest BCUT2D eigenvalue weighted by molar-refractivity contribution is 0.195. The molecule has 2 unspecified atom stereocenters. The maximum Gasteiger partial charge on any atom is 0.252 e. The maximum absolute atomic E-state index is 6.53. The van der Waals surface area contributed by atoms with E-state index in [1.54, 1.807) is 0 Å². The number of anilines is 8. The molecule has 1 aliphatic carbocycles. The summed E-state index contributed by atoms with van der Waals surface area (Å²) in [5.41, 5.74) is 23.1. The van der Waals surface area contributed by atoms with Crippen LogP contribution >= 0.6 is 0 Å². The molecule has 1 aromatic heterocycles. The summed E-state index contributed by atoms with van der Waals surface area (Å²) in [6.07, 6.45) is 4.73. The zero-order valence-electron chi connectivity index (χ0n) is 44.7. The predicted octanol–water partition coefficient (Wildman–Crippen LogP) is 17.0. The lowest BCUT2D eigenvalue weighted by Gasteiger charge is -2.51. The molecule has 0 N–H and O–H groups in total. The maximum atomic E-state index is 6.53. The number of hydrogen-bond donors (Lipinski definition) is 0. The first kappa shape index (κ1) is 45.9. The van der Waals surface area contributed by atoms with Crippen LogP contribution in [0.3, 0.4) is 0 Å². The average molecular weight is 954 g/mol.